The van der Waals surface area contributed by atoms with Crippen LogP contribution in [0.2, 0.25) is 0 Å². The molecule has 0 spiro atoms. The molecule has 15 heteroatoms. The second kappa shape index (κ2) is 22.9. The standard InChI is InChI=1S/2C32H17F3N3.C5H8O2.Ir/c2*33-32(34,35)24-14-8-7-13-21(24)31-36-25-17-15-22-27-23(16-18-26(37-31)28(25)27)30(20-11-5-2-6-12-20)38-29(22)19-9-3-1-4-10-19;1-4(6)3-5(2)7;/h2*1-12,14-18H;3H2,1-2H3;/q2*-1;;. The Labute approximate surface area is 490 Å². The molecule has 8 nitrogen and oxygen atoms in total. The number of rotatable bonds is 8. The number of benzene rings is 10. The van der Waals surface area contributed by atoms with E-state index in [1.807, 2.05) is 170 Å². The first-order valence-corrected chi connectivity index (χ1v) is 26.2. The first-order valence-electron chi connectivity index (χ1n) is 26.2. The van der Waals surface area contributed by atoms with Crippen LogP contribution in [0.25, 0.3) is 133 Å². The zero-order valence-electron chi connectivity index (χ0n) is 44.4. The molecule has 4 aromatic heterocycles. The van der Waals surface area contributed by atoms with E-state index in [1.54, 1.807) is 0 Å². The minimum atomic E-state index is -4.55. The molecule has 14 rings (SSSR count). The van der Waals surface area contributed by atoms with Gasteiger partial charge in [-0.05, 0) is 49.2 Å². The van der Waals surface area contributed by atoms with Crippen LogP contribution < -0.4 is 0 Å². The van der Waals surface area contributed by atoms with Crippen LogP contribution >= 0.6 is 0 Å². The molecule has 10 aromatic carbocycles. The van der Waals surface area contributed by atoms with Gasteiger partial charge in [-0.3, -0.25) is 29.5 Å². The summed E-state index contributed by atoms with van der Waals surface area (Å²) in [5.74, 6) is -0.137. The number of hydrogen-bond donors (Lipinski definition) is 0. The fourth-order valence-electron chi connectivity index (χ4n) is 10.6. The van der Waals surface area contributed by atoms with Gasteiger partial charge in [0.2, 0.25) is 0 Å². The fraction of sp³-hybridized carbons (Fsp3) is 0.0725. The van der Waals surface area contributed by atoms with Gasteiger partial charge in [0.05, 0.1) is 62.9 Å². The van der Waals surface area contributed by atoms with Gasteiger partial charge < -0.3 is 0 Å². The number of carbonyl (C=O) groups excluding carboxylic acids is 2. The Morgan fingerprint density at radius 2 is 0.631 bits per heavy atom. The minimum Gasteiger partial charge on any atom is -0.300 e. The Balaban J connectivity index is 0.000000156. The second-order valence-corrected chi connectivity index (χ2v) is 19.7. The summed E-state index contributed by atoms with van der Waals surface area (Å²) < 4.78 is 82.6. The third-order valence-corrected chi connectivity index (χ3v) is 14.1. The SMILES string of the molecule is CC(=O)CC(C)=O.FC(F)(F)c1ccc[c-]c1-c1nc2ccc3c(-c4ccccc4)nc(-c4ccccc4)c4ccc(n1)c2c34.FC(F)(F)c1ccc[c-]c1-c1nc2ccc3c(-c4ccccc4)nc(-c4ccccc4)c4ccc(n1)c2c34.[Ir]. The quantitative estimate of drug-likeness (QED) is 0.0640. The van der Waals surface area contributed by atoms with Gasteiger partial charge in [0, 0.05) is 85.4 Å². The van der Waals surface area contributed by atoms with Crippen molar-refractivity contribution in [2.75, 3.05) is 0 Å². The predicted molar refractivity (Wildman–Crippen MR) is 313 cm³/mol. The Morgan fingerprint density at radius 3 is 0.869 bits per heavy atom. The molecule has 0 bridgehead atoms. The third kappa shape index (κ3) is 10.8. The fourth-order valence-corrected chi connectivity index (χ4v) is 10.6. The van der Waals surface area contributed by atoms with Crippen LogP contribution in [0.15, 0.2) is 206 Å². The summed E-state index contributed by atoms with van der Waals surface area (Å²) in [6.45, 7) is 2.81. The first kappa shape index (κ1) is 56.2. The maximum absolute atomic E-state index is 13.8. The molecule has 4 heterocycles. The number of halogens is 6. The molecule has 0 N–H and O–H groups in total. The van der Waals surface area contributed by atoms with Gasteiger partial charge in [-0.15, -0.1) is 48.5 Å². The van der Waals surface area contributed by atoms with Gasteiger partial charge in [0.25, 0.3) is 0 Å². The summed E-state index contributed by atoms with van der Waals surface area (Å²) in [7, 11) is 0. The van der Waals surface area contributed by atoms with E-state index in [0.29, 0.717) is 22.1 Å². The van der Waals surface area contributed by atoms with E-state index in [-0.39, 0.29) is 60.9 Å². The molecule has 0 aliphatic heterocycles. The topological polar surface area (TPSA) is 111 Å². The number of aromatic nitrogens is 6. The number of ketones is 2. The third-order valence-electron chi connectivity index (χ3n) is 14.1. The largest absolute Gasteiger partial charge is 0.381 e. The summed E-state index contributed by atoms with van der Waals surface area (Å²) >= 11 is 0. The number of hydrogen-bond acceptors (Lipinski definition) is 8. The molecular weight excluding hydrogens is 1250 g/mol. The molecule has 0 fully saturated rings. The molecule has 0 saturated heterocycles. The monoisotopic (exact) mass is 1290 g/mol. The Morgan fingerprint density at radius 1 is 0.357 bits per heavy atom. The van der Waals surface area contributed by atoms with Crippen molar-refractivity contribution in [1.82, 2.24) is 29.9 Å². The van der Waals surface area contributed by atoms with Crippen LogP contribution in [0.3, 0.4) is 0 Å². The van der Waals surface area contributed by atoms with E-state index >= 15 is 0 Å². The Kier molecular flexibility index (Phi) is 15.3. The van der Waals surface area contributed by atoms with Gasteiger partial charge in [0.15, 0.2) is 0 Å². The van der Waals surface area contributed by atoms with Gasteiger partial charge in [-0.2, -0.15) is 26.3 Å². The normalized spacial score (nSPS) is 11.6. The van der Waals surface area contributed by atoms with Gasteiger partial charge >= 0.3 is 12.4 Å². The van der Waals surface area contributed by atoms with Crippen LogP contribution in [0.5, 0.6) is 0 Å². The molecule has 0 amide bonds. The number of pyridine rings is 2. The van der Waals surface area contributed by atoms with Crippen molar-refractivity contribution in [1.29, 1.82) is 0 Å². The number of alkyl halides is 6. The van der Waals surface area contributed by atoms with Crippen molar-refractivity contribution in [3.63, 3.8) is 0 Å². The molecule has 0 aliphatic rings. The molecule has 0 atom stereocenters. The molecule has 84 heavy (non-hydrogen) atoms. The first-order chi connectivity index (χ1) is 40.1. The average Bonchev–Trinajstić information content (AvgIpc) is 1.03. The van der Waals surface area contributed by atoms with Gasteiger partial charge in [-0.25, -0.2) is 9.97 Å². The second-order valence-electron chi connectivity index (χ2n) is 19.7. The van der Waals surface area contributed by atoms with Crippen molar-refractivity contribution < 1.29 is 56.0 Å². The predicted octanol–water partition coefficient (Wildman–Crippen LogP) is 17.7. The van der Waals surface area contributed by atoms with Crippen molar-refractivity contribution >= 4 is 76.7 Å². The summed E-state index contributed by atoms with van der Waals surface area (Å²) in [5.41, 5.74) is 7.50. The van der Waals surface area contributed by atoms with Crippen molar-refractivity contribution in [3.8, 4) is 67.8 Å². The van der Waals surface area contributed by atoms with E-state index in [2.05, 4.69) is 32.1 Å². The van der Waals surface area contributed by atoms with Crippen molar-refractivity contribution in [2.45, 2.75) is 32.6 Å². The molecule has 1 radical (unpaired) electrons. The van der Waals surface area contributed by atoms with Crippen molar-refractivity contribution in [2.24, 2.45) is 0 Å². The number of nitrogens with zero attached hydrogens (tertiary/aromatic N) is 6. The summed E-state index contributed by atoms with van der Waals surface area (Å²) in [4.78, 5) is 48.8. The van der Waals surface area contributed by atoms with Crippen LogP contribution in [0.4, 0.5) is 26.3 Å². The Hall–Kier alpha value is -9.69. The number of Topliss-reactive ketones (excluding diaryl/α,β-unsaturated/α-hetero) is 2. The minimum absolute atomic E-state index is 0. The molecule has 0 aliphatic carbocycles. The summed E-state index contributed by atoms with van der Waals surface area (Å²) in [5, 5.41) is 7.20. The van der Waals surface area contributed by atoms with E-state index in [9.17, 15) is 35.9 Å². The molecule has 413 valence electrons. The van der Waals surface area contributed by atoms with Crippen molar-refractivity contribution in [3.05, 3.63) is 230 Å². The van der Waals surface area contributed by atoms with Crippen LogP contribution in [0, 0.1) is 12.1 Å². The van der Waals surface area contributed by atoms with E-state index < -0.39 is 23.5 Å². The molecular formula is C69H42F6IrN6O2-2. The molecule has 14 aromatic rings. The zero-order chi connectivity index (χ0) is 57.6. The average molecular weight is 1290 g/mol. The van der Waals surface area contributed by atoms with Gasteiger partial charge in [-0.1, -0.05) is 157 Å². The number of carbonyl (C=O) groups is 2. The zero-order valence-corrected chi connectivity index (χ0v) is 46.8. The smallest absolute Gasteiger partial charge is 0.300 e. The van der Waals surface area contributed by atoms with E-state index in [0.717, 1.165) is 100 Å². The summed E-state index contributed by atoms with van der Waals surface area (Å²) in [6, 6.07) is 67.9. The van der Waals surface area contributed by atoms with Crippen LogP contribution in [0.1, 0.15) is 31.4 Å². The molecule has 0 saturated carbocycles. The van der Waals surface area contributed by atoms with E-state index in [4.69, 9.17) is 9.97 Å². The van der Waals surface area contributed by atoms with Crippen LogP contribution in [-0.4, -0.2) is 41.5 Å². The Bertz CT molecular complexity index is 4230. The molecule has 0 unspecified atom stereocenters. The maximum Gasteiger partial charge on any atom is 0.381 e. The summed E-state index contributed by atoms with van der Waals surface area (Å²) in [6.07, 6.45) is -9.01. The maximum atomic E-state index is 13.8. The van der Waals surface area contributed by atoms with Crippen LogP contribution in [-0.2, 0) is 42.0 Å². The van der Waals surface area contributed by atoms with Gasteiger partial charge in [0.1, 0.15) is 11.6 Å². The van der Waals surface area contributed by atoms with E-state index in [1.165, 1.54) is 38.1 Å².